The number of anilines is 2. The number of carbonyl (C=O) groups excluding carboxylic acids is 1. The molecule has 138 valence electrons. The molecule has 5 heteroatoms. The predicted molar refractivity (Wildman–Crippen MR) is 107 cm³/mol. The van der Waals surface area contributed by atoms with Crippen LogP contribution in [-0.4, -0.2) is 42.6 Å². The maximum Gasteiger partial charge on any atom is 0.253 e. The number of rotatable bonds is 3. The number of hydrogen-bond acceptors (Lipinski definition) is 4. The molecule has 0 unspecified atom stereocenters. The molecule has 1 aliphatic rings. The zero-order valence-corrected chi connectivity index (χ0v) is 16.1. The van der Waals surface area contributed by atoms with Crippen molar-refractivity contribution >= 4 is 17.4 Å². The van der Waals surface area contributed by atoms with Gasteiger partial charge in [-0.05, 0) is 57.5 Å². The number of nitrogens with zero attached hydrogens (tertiary/aromatic N) is 3. The summed E-state index contributed by atoms with van der Waals surface area (Å²) in [6, 6.07) is 12.4. The highest BCUT2D eigenvalue weighted by molar-refractivity contribution is 5.94. The minimum Gasteiger partial charge on any atom is -0.368 e. The summed E-state index contributed by atoms with van der Waals surface area (Å²) in [7, 11) is 0. The molecule has 0 atom stereocenters. The topological polar surface area (TPSA) is 48.5 Å². The first-order valence-corrected chi connectivity index (χ1v) is 9.17. The molecule has 5 nitrogen and oxygen atoms in total. The van der Waals surface area contributed by atoms with Gasteiger partial charge in [-0.2, -0.15) is 0 Å². The largest absolute Gasteiger partial charge is 0.368 e. The highest BCUT2D eigenvalue weighted by Gasteiger charge is 2.19. The third-order valence-corrected chi connectivity index (χ3v) is 4.47. The molecular weight excluding hydrogens is 324 g/mol. The Bertz CT molecular complexity index is 756. The van der Waals surface area contributed by atoms with Crippen LogP contribution >= 0.6 is 0 Å². The van der Waals surface area contributed by atoms with Crippen LogP contribution in [0.2, 0.25) is 0 Å². The van der Waals surface area contributed by atoms with Crippen LogP contribution in [0.3, 0.4) is 0 Å². The van der Waals surface area contributed by atoms with Crippen LogP contribution in [-0.2, 0) is 0 Å². The number of aromatic nitrogens is 1. The van der Waals surface area contributed by atoms with Gasteiger partial charge in [0, 0.05) is 43.6 Å². The molecule has 0 radical (unpaired) electrons. The molecule has 3 rings (SSSR count). The number of hydrogen-bond donors (Lipinski definition) is 1. The van der Waals surface area contributed by atoms with Crippen LogP contribution in [0.5, 0.6) is 0 Å². The number of amides is 1. The van der Waals surface area contributed by atoms with E-state index in [1.807, 2.05) is 32.9 Å². The maximum atomic E-state index is 12.2. The lowest BCUT2D eigenvalue weighted by Gasteiger charge is -2.36. The third-order valence-electron chi connectivity index (χ3n) is 4.47. The van der Waals surface area contributed by atoms with Crippen LogP contribution in [0.25, 0.3) is 0 Å². The molecule has 2 aromatic rings. The smallest absolute Gasteiger partial charge is 0.253 e. The minimum atomic E-state index is -0.248. The van der Waals surface area contributed by atoms with E-state index < -0.39 is 0 Å². The third kappa shape index (κ3) is 4.54. The second-order valence-corrected chi connectivity index (χ2v) is 7.92. The normalized spacial score (nSPS) is 15.1. The number of piperazine rings is 1. The van der Waals surface area contributed by atoms with Gasteiger partial charge in [-0.25, -0.2) is 4.98 Å². The Morgan fingerprint density at radius 1 is 1.04 bits per heavy atom. The minimum absolute atomic E-state index is 0.0826. The van der Waals surface area contributed by atoms with Crippen LogP contribution in [0.15, 0.2) is 42.6 Å². The van der Waals surface area contributed by atoms with Gasteiger partial charge in [-0.3, -0.25) is 4.79 Å². The molecule has 2 heterocycles. The van der Waals surface area contributed by atoms with E-state index in [1.54, 1.807) is 6.20 Å². The van der Waals surface area contributed by atoms with Crippen molar-refractivity contribution in [2.75, 3.05) is 36.0 Å². The van der Waals surface area contributed by atoms with E-state index in [0.29, 0.717) is 5.56 Å². The fourth-order valence-electron chi connectivity index (χ4n) is 3.14. The van der Waals surface area contributed by atoms with Gasteiger partial charge in [0.15, 0.2) is 0 Å². The van der Waals surface area contributed by atoms with Crippen molar-refractivity contribution in [3.8, 4) is 0 Å². The fourth-order valence-corrected chi connectivity index (χ4v) is 3.14. The summed E-state index contributed by atoms with van der Waals surface area (Å²) < 4.78 is 0. The maximum absolute atomic E-state index is 12.2. The van der Waals surface area contributed by atoms with Crippen molar-refractivity contribution in [2.45, 2.75) is 33.2 Å². The molecule has 1 aromatic heterocycles. The molecule has 0 aliphatic carbocycles. The lowest BCUT2D eigenvalue weighted by Crippen LogP contribution is -2.46. The molecule has 1 fully saturated rings. The summed E-state index contributed by atoms with van der Waals surface area (Å²) in [5, 5.41) is 2.96. The van der Waals surface area contributed by atoms with Crippen LogP contribution in [0, 0.1) is 6.92 Å². The second kappa shape index (κ2) is 7.36. The van der Waals surface area contributed by atoms with E-state index in [0.717, 1.165) is 32.0 Å². The Hall–Kier alpha value is -2.56. The summed E-state index contributed by atoms with van der Waals surface area (Å²) in [6.45, 7) is 11.8. The van der Waals surface area contributed by atoms with Gasteiger partial charge < -0.3 is 15.1 Å². The van der Waals surface area contributed by atoms with Crippen molar-refractivity contribution < 1.29 is 4.79 Å². The molecular formula is C21H28N4O. The van der Waals surface area contributed by atoms with Gasteiger partial charge in [0.1, 0.15) is 5.82 Å². The Morgan fingerprint density at radius 2 is 1.73 bits per heavy atom. The lowest BCUT2D eigenvalue weighted by molar-refractivity contribution is 0.0919. The number of carbonyl (C=O) groups is 1. The monoisotopic (exact) mass is 352 g/mol. The van der Waals surface area contributed by atoms with Crippen molar-refractivity contribution in [1.82, 2.24) is 10.3 Å². The quantitative estimate of drug-likeness (QED) is 0.921. The van der Waals surface area contributed by atoms with Gasteiger partial charge in [0.25, 0.3) is 5.91 Å². The van der Waals surface area contributed by atoms with Crippen LogP contribution < -0.4 is 15.1 Å². The van der Waals surface area contributed by atoms with E-state index in [-0.39, 0.29) is 11.4 Å². The van der Waals surface area contributed by atoms with E-state index in [9.17, 15) is 4.79 Å². The van der Waals surface area contributed by atoms with Gasteiger partial charge in [-0.1, -0.05) is 12.1 Å². The molecule has 0 spiro atoms. The Balaban J connectivity index is 1.60. The number of pyridine rings is 1. The SMILES string of the molecule is Cc1cccc(N2CCN(c3ccc(C(=O)NC(C)(C)C)cn3)CC2)c1. The standard InChI is InChI=1S/C21H28N4O/c1-16-6-5-7-18(14-16)24-10-12-25(13-11-24)19-9-8-17(15-22-19)20(26)23-21(2,3)4/h5-9,14-15H,10-13H2,1-4H3,(H,23,26). The number of aryl methyl sites for hydroxylation is 1. The zero-order chi connectivity index (χ0) is 18.7. The summed E-state index contributed by atoms with van der Waals surface area (Å²) >= 11 is 0. The number of nitrogens with one attached hydrogen (secondary N) is 1. The van der Waals surface area contributed by atoms with Gasteiger partial charge in [-0.15, -0.1) is 0 Å². The molecule has 0 saturated carbocycles. The first kappa shape index (κ1) is 18.2. The Morgan fingerprint density at radius 3 is 2.31 bits per heavy atom. The van der Waals surface area contributed by atoms with Crippen molar-refractivity contribution in [2.24, 2.45) is 0 Å². The average molecular weight is 352 g/mol. The van der Waals surface area contributed by atoms with Gasteiger partial charge in [0.2, 0.25) is 0 Å². The van der Waals surface area contributed by atoms with Crippen LogP contribution in [0.1, 0.15) is 36.7 Å². The molecule has 1 saturated heterocycles. The highest BCUT2D eigenvalue weighted by Crippen LogP contribution is 2.20. The molecule has 0 bridgehead atoms. The molecule has 1 amide bonds. The van der Waals surface area contributed by atoms with Crippen molar-refractivity contribution in [3.63, 3.8) is 0 Å². The Labute approximate surface area is 156 Å². The predicted octanol–water partition coefficient (Wildman–Crippen LogP) is 3.24. The fraction of sp³-hybridized carbons (Fsp3) is 0.429. The number of benzene rings is 1. The average Bonchev–Trinajstić information content (AvgIpc) is 2.61. The molecule has 1 aliphatic heterocycles. The Kier molecular flexibility index (Phi) is 5.16. The van der Waals surface area contributed by atoms with E-state index in [2.05, 4.69) is 51.3 Å². The summed E-state index contributed by atoms with van der Waals surface area (Å²) in [5.41, 5.74) is 2.92. The summed E-state index contributed by atoms with van der Waals surface area (Å²) in [6.07, 6.45) is 1.67. The zero-order valence-electron chi connectivity index (χ0n) is 16.1. The second-order valence-electron chi connectivity index (χ2n) is 7.92. The summed E-state index contributed by atoms with van der Waals surface area (Å²) in [5.74, 6) is 0.849. The van der Waals surface area contributed by atoms with Crippen molar-refractivity contribution in [3.05, 3.63) is 53.7 Å². The van der Waals surface area contributed by atoms with E-state index in [1.165, 1.54) is 11.3 Å². The first-order chi connectivity index (χ1) is 12.3. The van der Waals surface area contributed by atoms with E-state index >= 15 is 0 Å². The molecule has 26 heavy (non-hydrogen) atoms. The van der Waals surface area contributed by atoms with Gasteiger partial charge in [0.05, 0.1) is 5.56 Å². The summed E-state index contributed by atoms with van der Waals surface area (Å²) in [4.78, 5) is 21.4. The van der Waals surface area contributed by atoms with Crippen LogP contribution in [0.4, 0.5) is 11.5 Å². The van der Waals surface area contributed by atoms with Gasteiger partial charge >= 0.3 is 0 Å². The highest BCUT2D eigenvalue weighted by atomic mass is 16.1. The lowest BCUT2D eigenvalue weighted by atomic mass is 10.1. The molecule has 1 N–H and O–H groups in total. The van der Waals surface area contributed by atoms with E-state index in [4.69, 9.17) is 0 Å². The van der Waals surface area contributed by atoms with Crippen molar-refractivity contribution in [1.29, 1.82) is 0 Å². The first-order valence-electron chi connectivity index (χ1n) is 9.17. The molecule has 1 aromatic carbocycles.